The van der Waals surface area contributed by atoms with E-state index in [9.17, 15) is 8.78 Å². The van der Waals surface area contributed by atoms with E-state index in [0.717, 1.165) is 5.56 Å². The topological polar surface area (TPSA) is 26.0 Å². The summed E-state index contributed by atoms with van der Waals surface area (Å²) in [5, 5.41) is 0. The summed E-state index contributed by atoms with van der Waals surface area (Å²) in [5.74, 6) is -0.672. The zero-order valence-corrected chi connectivity index (χ0v) is 9.50. The van der Waals surface area contributed by atoms with Gasteiger partial charge in [0.25, 0.3) is 0 Å². The Balaban J connectivity index is 2.56. The molecule has 0 saturated carbocycles. The minimum absolute atomic E-state index is 0.104. The molecule has 1 nitrogen and oxygen atoms in total. The van der Waals surface area contributed by atoms with Crippen molar-refractivity contribution in [3.63, 3.8) is 0 Å². The highest BCUT2D eigenvalue weighted by Gasteiger charge is 2.08. The van der Waals surface area contributed by atoms with Crippen LogP contribution in [-0.2, 0) is 6.54 Å². The number of aryl methyl sites for hydroxylation is 1. The largest absolute Gasteiger partial charge is 0.326 e. The van der Waals surface area contributed by atoms with Crippen LogP contribution in [0.5, 0.6) is 0 Å². The average molecular weight is 233 g/mol. The molecule has 0 atom stereocenters. The van der Waals surface area contributed by atoms with Crippen molar-refractivity contribution in [2.24, 2.45) is 5.73 Å². The number of hydrogen-bond donors (Lipinski definition) is 1. The maximum absolute atomic E-state index is 13.7. The summed E-state index contributed by atoms with van der Waals surface area (Å²) in [4.78, 5) is 0. The number of benzene rings is 2. The highest BCUT2D eigenvalue weighted by atomic mass is 19.1. The second-order valence-corrected chi connectivity index (χ2v) is 3.99. The third-order valence-electron chi connectivity index (χ3n) is 2.70. The summed E-state index contributed by atoms with van der Waals surface area (Å²) in [6, 6.07) is 9.32. The Kier molecular flexibility index (Phi) is 3.20. The van der Waals surface area contributed by atoms with Crippen LogP contribution in [0.15, 0.2) is 36.4 Å². The molecule has 0 aliphatic rings. The molecule has 17 heavy (non-hydrogen) atoms. The molecular weight excluding hydrogens is 220 g/mol. The van der Waals surface area contributed by atoms with Crippen LogP contribution in [0.4, 0.5) is 8.78 Å². The molecule has 0 aromatic heterocycles. The molecule has 0 heterocycles. The van der Waals surface area contributed by atoms with Gasteiger partial charge in [-0.05, 0) is 36.8 Å². The maximum atomic E-state index is 13.7. The van der Waals surface area contributed by atoms with E-state index in [2.05, 4.69) is 0 Å². The smallest absolute Gasteiger partial charge is 0.131 e. The summed E-state index contributed by atoms with van der Waals surface area (Å²) in [6.45, 7) is 1.99. The third-order valence-corrected chi connectivity index (χ3v) is 2.70. The van der Waals surface area contributed by atoms with Gasteiger partial charge in [0.05, 0.1) is 0 Å². The second-order valence-electron chi connectivity index (χ2n) is 3.99. The van der Waals surface area contributed by atoms with E-state index in [4.69, 9.17) is 5.73 Å². The predicted molar refractivity (Wildman–Crippen MR) is 64.4 cm³/mol. The van der Waals surface area contributed by atoms with E-state index < -0.39 is 0 Å². The van der Waals surface area contributed by atoms with Gasteiger partial charge in [0.15, 0.2) is 0 Å². The van der Waals surface area contributed by atoms with Crippen LogP contribution in [0.1, 0.15) is 11.1 Å². The molecule has 0 radical (unpaired) electrons. The summed E-state index contributed by atoms with van der Waals surface area (Å²) in [6.07, 6.45) is 0. The first-order chi connectivity index (χ1) is 8.11. The summed E-state index contributed by atoms with van der Waals surface area (Å²) in [7, 11) is 0. The van der Waals surface area contributed by atoms with Crippen molar-refractivity contribution in [2.45, 2.75) is 13.5 Å². The minimum Gasteiger partial charge on any atom is -0.326 e. The van der Waals surface area contributed by atoms with Crippen LogP contribution in [0.3, 0.4) is 0 Å². The zero-order chi connectivity index (χ0) is 12.4. The standard InChI is InChI=1S/C14H13F2N/c1-9-2-4-14(16)12(6-9)10-3-5-13(15)11(7-10)8-17/h2-7H,8,17H2,1H3. The molecule has 0 amide bonds. The maximum Gasteiger partial charge on any atom is 0.131 e. The number of hydrogen-bond acceptors (Lipinski definition) is 1. The van der Waals surface area contributed by atoms with Gasteiger partial charge in [-0.1, -0.05) is 17.7 Å². The minimum atomic E-state index is -0.357. The van der Waals surface area contributed by atoms with E-state index >= 15 is 0 Å². The van der Waals surface area contributed by atoms with Crippen LogP contribution < -0.4 is 5.73 Å². The summed E-state index contributed by atoms with van der Waals surface area (Å²) >= 11 is 0. The van der Waals surface area contributed by atoms with Gasteiger partial charge in [-0.2, -0.15) is 0 Å². The zero-order valence-electron chi connectivity index (χ0n) is 9.50. The Labute approximate surface area is 98.9 Å². The average Bonchev–Trinajstić information content (AvgIpc) is 2.33. The lowest BCUT2D eigenvalue weighted by molar-refractivity contribution is 0.610. The van der Waals surface area contributed by atoms with E-state index in [1.807, 2.05) is 6.92 Å². The van der Waals surface area contributed by atoms with Gasteiger partial charge in [0, 0.05) is 17.7 Å². The molecule has 0 bridgehead atoms. The molecule has 0 aliphatic carbocycles. The molecule has 0 spiro atoms. The summed E-state index contributed by atoms with van der Waals surface area (Å²) < 4.78 is 27.0. The Hall–Kier alpha value is -1.74. The van der Waals surface area contributed by atoms with E-state index in [-0.39, 0.29) is 18.2 Å². The molecule has 2 aromatic rings. The van der Waals surface area contributed by atoms with Gasteiger partial charge in [0.1, 0.15) is 11.6 Å². The lowest BCUT2D eigenvalue weighted by Gasteiger charge is -2.07. The highest BCUT2D eigenvalue weighted by molar-refractivity contribution is 5.65. The number of rotatable bonds is 2. The van der Waals surface area contributed by atoms with E-state index in [1.54, 1.807) is 24.3 Å². The molecule has 2 N–H and O–H groups in total. The molecule has 88 valence electrons. The first-order valence-electron chi connectivity index (χ1n) is 5.37. The van der Waals surface area contributed by atoms with Crippen LogP contribution in [0.2, 0.25) is 0 Å². The monoisotopic (exact) mass is 233 g/mol. The quantitative estimate of drug-likeness (QED) is 0.845. The number of nitrogens with two attached hydrogens (primary N) is 1. The van der Waals surface area contributed by atoms with Gasteiger partial charge in [0.2, 0.25) is 0 Å². The van der Waals surface area contributed by atoms with Gasteiger partial charge in [-0.25, -0.2) is 8.78 Å². The Bertz CT molecular complexity index is 550. The molecule has 0 fully saturated rings. The van der Waals surface area contributed by atoms with Crippen molar-refractivity contribution < 1.29 is 8.78 Å². The first kappa shape index (κ1) is 11.7. The van der Waals surface area contributed by atoms with Crippen LogP contribution >= 0.6 is 0 Å². The van der Waals surface area contributed by atoms with Gasteiger partial charge >= 0.3 is 0 Å². The van der Waals surface area contributed by atoms with E-state index in [1.165, 1.54) is 12.1 Å². The Morgan fingerprint density at radius 3 is 2.41 bits per heavy atom. The van der Waals surface area contributed by atoms with Crippen molar-refractivity contribution in [2.75, 3.05) is 0 Å². The third kappa shape index (κ3) is 2.34. The van der Waals surface area contributed by atoms with Crippen molar-refractivity contribution >= 4 is 0 Å². The molecule has 0 aliphatic heterocycles. The molecule has 3 heteroatoms. The fourth-order valence-corrected chi connectivity index (χ4v) is 1.76. The number of halogens is 2. The first-order valence-corrected chi connectivity index (χ1v) is 5.37. The molecular formula is C14H13F2N. The van der Waals surface area contributed by atoms with Crippen molar-refractivity contribution in [3.05, 3.63) is 59.2 Å². The van der Waals surface area contributed by atoms with E-state index in [0.29, 0.717) is 16.7 Å². The Morgan fingerprint density at radius 1 is 1.00 bits per heavy atom. The van der Waals surface area contributed by atoms with Crippen molar-refractivity contribution in [1.82, 2.24) is 0 Å². The van der Waals surface area contributed by atoms with Gasteiger partial charge in [-0.15, -0.1) is 0 Å². The molecule has 2 rings (SSSR count). The van der Waals surface area contributed by atoms with Gasteiger partial charge < -0.3 is 5.73 Å². The normalized spacial score (nSPS) is 10.6. The second kappa shape index (κ2) is 4.63. The lowest BCUT2D eigenvalue weighted by Crippen LogP contribution is -2.00. The highest BCUT2D eigenvalue weighted by Crippen LogP contribution is 2.25. The fraction of sp³-hybridized carbons (Fsp3) is 0.143. The molecule has 0 saturated heterocycles. The van der Waals surface area contributed by atoms with Crippen molar-refractivity contribution in [3.8, 4) is 11.1 Å². The van der Waals surface area contributed by atoms with Crippen molar-refractivity contribution in [1.29, 1.82) is 0 Å². The van der Waals surface area contributed by atoms with Gasteiger partial charge in [-0.3, -0.25) is 0 Å². The van der Waals surface area contributed by atoms with Crippen LogP contribution in [0, 0.1) is 18.6 Å². The fourth-order valence-electron chi connectivity index (χ4n) is 1.76. The predicted octanol–water partition coefficient (Wildman–Crippen LogP) is 3.40. The molecule has 2 aromatic carbocycles. The summed E-state index contributed by atoms with van der Waals surface area (Å²) in [5.41, 5.74) is 7.90. The SMILES string of the molecule is Cc1ccc(F)c(-c2ccc(F)c(CN)c2)c1. The van der Waals surface area contributed by atoms with Crippen LogP contribution in [0.25, 0.3) is 11.1 Å². The van der Waals surface area contributed by atoms with Crippen LogP contribution in [-0.4, -0.2) is 0 Å². The Morgan fingerprint density at radius 2 is 1.71 bits per heavy atom. The molecule has 0 unspecified atom stereocenters. The lowest BCUT2D eigenvalue weighted by atomic mass is 10.0.